The number of benzene rings is 1. The normalized spacial score (nSPS) is 18.3. The molecule has 1 saturated heterocycles. The highest BCUT2D eigenvalue weighted by Gasteiger charge is 2.39. The van der Waals surface area contributed by atoms with E-state index in [2.05, 4.69) is 10.3 Å². The Morgan fingerprint density at radius 1 is 1.17 bits per heavy atom. The quantitative estimate of drug-likeness (QED) is 0.240. The van der Waals surface area contributed by atoms with Crippen LogP contribution in [0.5, 0.6) is 0 Å². The molecule has 2 unspecified atom stereocenters. The molecule has 0 bridgehead atoms. The number of hydrogen-bond acceptors (Lipinski definition) is 7. The summed E-state index contributed by atoms with van der Waals surface area (Å²) >= 11 is 1.17. The minimum atomic E-state index is -0.571. The number of hydrogen-bond donors (Lipinski definition) is 3. The van der Waals surface area contributed by atoms with E-state index < -0.39 is 17.1 Å². The van der Waals surface area contributed by atoms with Crippen LogP contribution in [0.1, 0.15) is 43.1 Å². The number of thioether (sulfide) groups is 1. The highest BCUT2D eigenvalue weighted by atomic mass is 32.2. The Morgan fingerprint density at radius 2 is 1.77 bits per heavy atom. The van der Waals surface area contributed by atoms with E-state index in [9.17, 15) is 19.2 Å². The zero-order chi connectivity index (χ0) is 26.1. The van der Waals surface area contributed by atoms with Crippen molar-refractivity contribution in [3.63, 3.8) is 0 Å². The van der Waals surface area contributed by atoms with Gasteiger partial charge in [0, 0.05) is 43.9 Å². The summed E-state index contributed by atoms with van der Waals surface area (Å²) in [5.41, 5.74) is 6.28. The van der Waals surface area contributed by atoms with Gasteiger partial charge >= 0.3 is 5.97 Å². The van der Waals surface area contributed by atoms with E-state index in [1.165, 1.54) is 11.8 Å². The molecule has 1 aromatic rings. The van der Waals surface area contributed by atoms with Gasteiger partial charge in [0.25, 0.3) is 11.8 Å². The van der Waals surface area contributed by atoms with Crippen molar-refractivity contribution in [1.29, 1.82) is 5.41 Å². The predicted octanol–water partition coefficient (Wildman–Crippen LogP) is 0.820. The number of nitrogen functional groups attached to an aromatic ring is 1. The van der Waals surface area contributed by atoms with E-state index in [4.69, 9.17) is 15.9 Å². The molecule has 12 heteroatoms. The maximum atomic E-state index is 12.7. The molecular weight excluding hydrogens is 472 g/mol. The summed E-state index contributed by atoms with van der Waals surface area (Å²) in [7, 11) is 1.75. The maximum absolute atomic E-state index is 12.7. The third-order valence-electron chi connectivity index (χ3n) is 5.58. The van der Waals surface area contributed by atoms with Crippen LogP contribution >= 0.6 is 11.8 Å². The number of rotatable bonds is 10. The van der Waals surface area contributed by atoms with E-state index in [0.717, 1.165) is 0 Å². The molecule has 1 aliphatic rings. The van der Waals surface area contributed by atoms with Gasteiger partial charge in [-0.2, -0.15) is 4.99 Å². The van der Waals surface area contributed by atoms with Crippen molar-refractivity contribution in [3.8, 4) is 0 Å². The Balaban J connectivity index is 1.87. The van der Waals surface area contributed by atoms with Crippen LogP contribution in [0, 0.1) is 5.41 Å². The number of likely N-dealkylation sites (N-methyl/N-ethyl adjacent to an activating group) is 1. The number of amides is 3. The van der Waals surface area contributed by atoms with E-state index in [1.54, 1.807) is 41.1 Å². The topological polar surface area (TPSA) is 158 Å². The zero-order valence-electron chi connectivity index (χ0n) is 20.4. The smallest absolute Gasteiger partial charge is 0.308 e. The average Bonchev–Trinajstić information content (AvgIpc) is 3.12. The number of nitrogens with one attached hydrogen (secondary N) is 2. The van der Waals surface area contributed by atoms with E-state index in [-0.39, 0.29) is 43.3 Å². The maximum Gasteiger partial charge on any atom is 0.308 e. The fourth-order valence-corrected chi connectivity index (χ4v) is 4.53. The SMILES string of the molecule is CCN(CC)C(=O)COC(=O)CCNC(=O)C1SC(=NC(=O)c2ccc(C(=N)N)cc2)N(C)C1C. The molecule has 1 aromatic carbocycles. The first-order valence-corrected chi connectivity index (χ1v) is 12.1. The van der Waals surface area contributed by atoms with Crippen LogP contribution in [0.3, 0.4) is 0 Å². The molecule has 1 fully saturated rings. The fourth-order valence-electron chi connectivity index (χ4n) is 3.26. The predicted molar refractivity (Wildman–Crippen MR) is 134 cm³/mol. The van der Waals surface area contributed by atoms with Crippen molar-refractivity contribution in [2.45, 2.75) is 38.5 Å². The van der Waals surface area contributed by atoms with Crippen molar-refractivity contribution in [2.75, 3.05) is 33.3 Å². The van der Waals surface area contributed by atoms with Gasteiger partial charge in [0.1, 0.15) is 11.1 Å². The number of amidine groups is 2. The van der Waals surface area contributed by atoms with E-state index in [1.807, 2.05) is 20.8 Å². The summed E-state index contributed by atoms with van der Waals surface area (Å²) in [5.74, 6) is -1.68. The molecule has 4 N–H and O–H groups in total. The van der Waals surface area contributed by atoms with Crippen molar-refractivity contribution in [3.05, 3.63) is 35.4 Å². The van der Waals surface area contributed by atoms with Crippen molar-refractivity contribution >= 4 is 46.5 Å². The summed E-state index contributed by atoms with van der Waals surface area (Å²) in [6.07, 6.45) is -0.0609. The Kier molecular flexibility index (Phi) is 10.2. The lowest BCUT2D eigenvalue weighted by Gasteiger charge is -2.20. The number of nitrogens with two attached hydrogens (primary N) is 1. The highest BCUT2D eigenvalue weighted by Crippen LogP contribution is 2.31. The van der Waals surface area contributed by atoms with Crippen LogP contribution in [0.25, 0.3) is 0 Å². The Hall–Kier alpha value is -3.41. The fraction of sp³-hybridized carbons (Fsp3) is 0.478. The third-order valence-corrected chi connectivity index (χ3v) is 7.03. The lowest BCUT2D eigenvalue weighted by atomic mass is 10.1. The number of carbonyl (C=O) groups is 4. The van der Waals surface area contributed by atoms with Crippen molar-refractivity contribution < 1.29 is 23.9 Å². The van der Waals surface area contributed by atoms with Crippen LogP contribution in [-0.2, 0) is 19.1 Å². The average molecular weight is 505 g/mol. The molecule has 2 rings (SSSR count). The number of esters is 1. The second-order valence-electron chi connectivity index (χ2n) is 7.85. The lowest BCUT2D eigenvalue weighted by molar-refractivity contribution is -0.151. The van der Waals surface area contributed by atoms with Crippen molar-refractivity contribution in [2.24, 2.45) is 10.7 Å². The summed E-state index contributed by atoms with van der Waals surface area (Å²) in [4.78, 5) is 56.5. The van der Waals surface area contributed by atoms with Crippen molar-refractivity contribution in [1.82, 2.24) is 15.1 Å². The number of ether oxygens (including phenoxy) is 1. The standard InChI is InChI=1S/C23H32N6O5S/c1-5-29(6-2)17(30)13-34-18(31)11-12-26-22(33)19-14(3)28(4)23(35-19)27-21(32)16-9-7-15(8-10-16)20(24)25/h7-10,14,19H,5-6,11-13H2,1-4H3,(H3,24,25)(H,26,33). The van der Waals surface area contributed by atoms with Gasteiger partial charge in [-0.05, 0) is 32.9 Å². The number of aliphatic imine (C=N–C) groups is 1. The van der Waals surface area contributed by atoms with E-state index in [0.29, 0.717) is 29.4 Å². The molecule has 0 radical (unpaired) electrons. The van der Waals surface area contributed by atoms with Gasteiger partial charge in [-0.1, -0.05) is 23.9 Å². The minimum Gasteiger partial charge on any atom is -0.456 e. The van der Waals surface area contributed by atoms with Gasteiger partial charge in [0.05, 0.1) is 6.42 Å². The molecule has 190 valence electrons. The molecule has 0 aliphatic carbocycles. The van der Waals surface area contributed by atoms with Crippen LogP contribution in [0.4, 0.5) is 0 Å². The van der Waals surface area contributed by atoms with Crippen LogP contribution < -0.4 is 11.1 Å². The molecule has 35 heavy (non-hydrogen) atoms. The number of nitrogens with zero attached hydrogens (tertiary/aromatic N) is 3. The van der Waals surface area contributed by atoms with Gasteiger partial charge in [0.2, 0.25) is 5.91 Å². The Bertz CT molecular complexity index is 993. The first-order chi connectivity index (χ1) is 16.6. The largest absolute Gasteiger partial charge is 0.456 e. The molecule has 1 aliphatic heterocycles. The van der Waals surface area contributed by atoms with Gasteiger partial charge in [-0.25, -0.2) is 0 Å². The van der Waals surface area contributed by atoms with Gasteiger partial charge in [0.15, 0.2) is 11.8 Å². The monoisotopic (exact) mass is 504 g/mol. The van der Waals surface area contributed by atoms with Gasteiger partial charge in [-0.15, -0.1) is 0 Å². The highest BCUT2D eigenvalue weighted by molar-refractivity contribution is 8.15. The van der Waals surface area contributed by atoms with Crippen LogP contribution in [0.15, 0.2) is 29.3 Å². The summed E-state index contributed by atoms with van der Waals surface area (Å²) in [6.45, 7) is 6.36. The van der Waals surface area contributed by atoms with Crippen LogP contribution in [-0.4, -0.2) is 89.1 Å². The zero-order valence-corrected chi connectivity index (χ0v) is 21.2. The summed E-state index contributed by atoms with van der Waals surface area (Å²) < 4.78 is 4.99. The lowest BCUT2D eigenvalue weighted by Crippen LogP contribution is -2.41. The molecule has 2 atom stereocenters. The second-order valence-corrected chi connectivity index (χ2v) is 8.96. The third kappa shape index (κ3) is 7.54. The summed E-state index contributed by atoms with van der Waals surface area (Å²) in [6, 6.07) is 6.01. The molecule has 11 nitrogen and oxygen atoms in total. The molecule has 0 aromatic heterocycles. The first-order valence-electron chi connectivity index (χ1n) is 11.3. The van der Waals surface area contributed by atoms with Gasteiger partial charge < -0.3 is 25.6 Å². The molecule has 0 saturated carbocycles. The molecular formula is C23H32N6O5S. The van der Waals surface area contributed by atoms with Crippen LogP contribution in [0.2, 0.25) is 0 Å². The number of carbonyl (C=O) groups excluding carboxylic acids is 4. The van der Waals surface area contributed by atoms with Gasteiger partial charge in [-0.3, -0.25) is 24.6 Å². The molecule has 3 amide bonds. The Morgan fingerprint density at radius 3 is 2.34 bits per heavy atom. The minimum absolute atomic E-state index is 0.0609. The molecule has 0 spiro atoms. The molecule has 1 heterocycles. The Labute approximate surface area is 209 Å². The second kappa shape index (κ2) is 12.9. The van der Waals surface area contributed by atoms with E-state index >= 15 is 0 Å². The summed E-state index contributed by atoms with van der Waals surface area (Å²) in [5, 5.41) is 10.0. The first kappa shape index (κ1) is 27.8.